The summed E-state index contributed by atoms with van der Waals surface area (Å²) in [5.41, 5.74) is 2.53. The molecule has 3 aromatic rings. The number of hydrogen-bond acceptors (Lipinski definition) is 4. The highest BCUT2D eigenvalue weighted by molar-refractivity contribution is 6.06. The molecule has 1 aliphatic heterocycles. The standard InChI is InChI=1S/C19H20N4O2/c24-19(16-6-1-7-18-17(16)11-21-22-18)23(13-15-5-3-9-25-15)12-14-4-2-8-20-10-14/h1-2,4,6-8,10-11,15H,3,5,9,12-13H2,(H,21,22)/t15-/m1/s1. The van der Waals surface area contributed by atoms with Gasteiger partial charge in [-0.2, -0.15) is 5.10 Å². The Hall–Kier alpha value is -2.73. The number of carbonyl (C=O) groups is 1. The Kier molecular flexibility index (Phi) is 4.43. The quantitative estimate of drug-likeness (QED) is 0.778. The number of H-pyrrole nitrogens is 1. The van der Waals surface area contributed by atoms with Crippen molar-refractivity contribution in [2.24, 2.45) is 0 Å². The van der Waals surface area contributed by atoms with Crippen LogP contribution in [0.3, 0.4) is 0 Å². The van der Waals surface area contributed by atoms with E-state index in [1.165, 1.54) is 0 Å². The van der Waals surface area contributed by atoms with Gasteiger partial charge in [-0.05, 0) is 36.6 Å². The summed E-state index contributed by atoms with van der Waals surface area (Å²) in [6.45, 7) is 1.87. The van der Waals surface area contributed by atoms with Crippen LogP contribution in [0.25, 0.3) is 10.9 Å². The van der Waals surface area contributed by atoms with Crippen molar-refractivity contribution in [1.82, 2.24) is 20.1 Å². The third kappa shape index (κ3) is 3.39. The molecule has 6 heteroatoms. The second-order valence-electron chi connectivity index (χ2n) is 6.32. The first-order valence-corrected chi connectivity index (χ1v) is 8.53. The molecule has 0 radical (unpaired) electrons. The molecule has 1 aromatic carbocycles. The first kappa shape index (κ1) is 15.8. The molecule has 2 aromatic heterocycles. The lowest BCUT2D eigenvalue weighted by molar-refractivity contribution is 0.0508. The van der Waals surface area contributed by atoms with Crippen LogP contribution >= 0.6 is 0 Å². The Morgan fingerprint density at radius 1 is 1.28 bits per heavy atom. The molecule has 25 heavy (non-hydrogen) atoms. The lowest BCUT2D eigenvalue weighted by Gasteiger charge is -2.26. The molecule has 0 spiro atoms. The van der Waals surface area contributed by atoms with E-state index in [1.54, 1.807) is 18.6 Å². The third-order valence-electron chi connectivity index (χ3n) is 4.55. The Labute approximate surface area is 145 Å². The number of amides is 1. The number of aromatic nitrogens is 3. The summed E-state index contributed by atoms with van der Waals surface area (Å²) in [7, 11) is 0. The van der Waals surface area contributed by atoms with E-state index in [0.717, 1.165) is 35.9 Å². The molecule has 1 fully saturated rings. The number of aromatic amines is 1. The fraction of sp³-hybridized carbons (Fsp3) is 0.316. The van der Waals surface area contributed by atoms with Gasteiger partial charge in [0, 0.05) is 37.5 Å². The first-order chi connectivity index (χ1) is 12.3. The minimum atomic E-state index is -0.00801. The van der Waals surface area contributed by atoms with Crippen molar-refractivity contribution in [3.63, 3.8) is 0 Å². The zero-order valence-corrected chi connectivity index (χ0v) is 13.9. The van der Waals surface area contributed by atoms with Crippen LogP contribution in [0.5, 0.6) is 0 Å². The van der Waals surface area contributed by atoms with Gasteiger partial charge >= 0.3 is 0 Å². The number of carbonyl (C=O) groups excluding carboxylic acids is 1. The molecular formula is C19H20N4O2. The second kappa shape index (κ2) is 7.03. The molecule has 1 saturated heterocycles. The van der Waals surface area contributed by atoms with E-state index in [1.807, 2.05) is 35.2 Å². The van der Waals surface area contributed by atoms with Gasteiger partial charge in [0.05, 0.1) is 23.4 Å². The van der Waals surface area contributed by atoms with E-state index in [9.17, 15) is 4.79 Å². The molecule has 4 rings (SSSR count). The summed E-state index contributed by atoms with van der Waals surface area (Å²) >= 11 is 0. The summed E-state index contributed by atoms with van der Waals surface area (Å²) in [6, 6.07) is 9.53. The number of benzene rings is 1. The topological polar surface area (TPSA) is 71.1 Å². The number of rotatable bonds is 5. The zero-order chi connectivity index (χ0) is 17.1. The highest BCUT2D eigenvalue weighted by Crippen LogP contribution is 2.21. The Morgan fingerprint density at radius 2 is 2.24 bits per heavy atom. The molecule has 0 aliphatic carbocycles. The number of ether oxygens (including phenoxy) is 1. The summed E-state index contributed by atoms with van der Waals surface area (Å²) in [5, 5.41) is 7.83. The van der Waals surface area contributed by atoms with Gasteiger partial charge in [0.2, 0.25) is 0 Å². The number of nitrogens with zero attached hydrogens (tertiary/aromatic N) is 3. The van der Waals surface area contributed by atoms with Crippen LogP contribution in [0.2, 0.25) is 0 Å². The molecule has 1 atom stereocenters. The molecule has 1 aliphatic rings. The summed E-state index contributed by atoms with van der Waals surface area (Å²) in [5.74, 6) is -0.00801. The molecule has 0 saturated carbocycles. The van der Waals surface area contributed by atoms with Crippen LogP contribution in [0.15, 0.2) is 48.9 Å². The normalized spacial score (nSPS) is 17.0. The van der Waals surface area contributed by atoms with Crippen LogP contribution in [-0.2, 0) is 11.3 Å². The maximum absolute atomic E-state index is 13.3. The average Bonchev–Trinajstić information content (AvgIpc) is 3.32. The van der Waals surface area contributed by atoms with Crippen molar-refractivity contribution in [2.45, 2.75) is 25.5 Å². The number of hydrogen-bond donors (Lipinski definition) is 1. The molecule has 128 valence electrons. The third-order valence-corrected chi connectivity index (χ3v) is 4.55. The average molecular weight is 336 g/mol. The van der Waals surface area contributed by atoms with Crippen LogP contribution in [0.4, 0.5) is 0 Å². The van der Waals surface area contributed by atoms with Crippen LogP contribution in [-0.4, -0.2) is 45.2 Å². The van der Waals surface area contributed by atoms with E-state index < -0.39 is 0 Å². The van der Waals surface area contributed by atoms with Crippen LogP contribution in [0.1, 0.15) is 28.8 Å². The van der Waals surface area contributed by atoms with Crippen molar-refractivity contribution >= 4 is 16.8 Å². The van der Waals surface area contributed by atoms with E-state index in [4.69, 9.17) is 4.74 Å². The Bertz CT molecular complexity index is 856. The van der Waals surface area contributed by atoms with Crippen molar-refractivity contribution in [3.05, 3.63) is 60.0 Å². The molecule has 1 N–H and O–H groups in total. The fourth-order valence-electron chi connectivity index (χ4n) is 3.29. The van der Waals surface area contributed by atoms with Crippen molar-refractivity contribution in [2.75, 3.05) is 13.2 Å². The smallest absolute Gasteiger partial charge is 0.254 e. The molecule has 0 unspecified atom stereocenters. The van der Waals surface area contributed by atoms with Gasteiger partial charge in [-0.3, -0.25) is 14.9 Å². The zero-order valence-electron chi connectivity index (χ0n) is 13.9. The van der Waals surface area contributed by atoms with Gasteiger partial charge in [0.15, 0.2) is 0 Å². The van der Waals surface area contributed by atoms with Gasteiger partial charge in [-0.1, -0.05) is 12.1 Å². The second-order valence-corrected chi connectivity index (χ2v) is 6.32. The Morgan fingerprint density at radius 3 is 3.04 bits per heavy atom. The summed E-state index contributed by atoms with van der Waals surface area (Å²) in [6.07, 6.45) is 7.39. The van der Waals surface area contributed by atoms with Crippen molar-refractivity contribution in [1.29, 1.82) is 0 Å². The monoisotopic (exact) mass is 336 g/mol. The number of nitrogens with one attached hydrogen (secondary N) is 1. The molecule has 6 nitrogen and oxygen atoms in total. The number of fused-ring (bicyclic) bond motifs is 1. The summed E-state index contributed by atoms with van der Waals surface area (Å²) < 4.78 is 5.75. The van der Waals surface area contributed by atoms with Gasteiger partial charge in [-0.15, -0.1) is 0 Å². The predicted molar refractivity (Wildman–Crippen MR) is 94.0 cm³/mol. The van der Waals surface area contributed by atoms with Gasteiger partial charge in [0.1, 0.15) is 0 Å². The SMILES string of the molecule is O=C(c1cccc2[nH]ncc12)N(Cc1cccnc1)C[C@H]1CCCO1. The maximum atomic E-state index is 13.3. The molecule has 3 heterocycles. The predicted octanol–water partition coefficient (Wildman–Crippen LogP) is 2.78. The van der Waals surface area contributed by atoms with Crippen LogP contribution < -0.4 is 0 Å². The van der Waals surface area contributed by atoms with E-state index >= 15 is 0 Å². The van der Waals surface area contributed by atoms with Crippen molar-refractivity contribution in [3.8, 4) is 0 Å². The van der Waals surface area contributed by atoms with E-state index in [2.05, 4.69) is 15.2 Å². The maximum Gasteiger partial charge on any atom is 0.254 e. The van der Waals surface area contributed by atoms with E-state index in [-0.39, 0.29) is 12.0 Å². The molecule has 0 bridgehead atoms. The van der Waals surface area contributed by atoms with Gasteiger partial charge < -0.3 is 9.64 Å². The highest BCUT2D eigenvalue weighted by Gasteiger charge is 2.25. The van der Waals surface area contributed by atoms with Crippen molar-refractivity contribution < 1.29 is 9.53 Å². The van der Waals surface area contributed by atoms with Crippen LogP contribution in [0, 0.1) is 0 Å². The number of pyridine rings is 1. The summed E-state index contributed by atoms with van der Waals surface area (Å²) in [4.78, 5) is 19.3. The van der Waals surface area contributed by atoms with E-state index in [0.29, 0.717) is 18.7 Å². The first-order valence-electron chi connectivity index (χ1n) is 8.53. The van der Waals surface area contributed by atoms with Gasteiger partial charge in [0.25, 0.3) is 5.91 Å². The Balaban J connectivity index is 1.63. The minimum absolute atomic E-state index is 0.00801. The largest absolute Gasteiger partial charge is 0.376 e. The highest BCUT2D eigenvalue weighted by atomic mass is 16.5. The van der Waals surface area contributed by atoms with Gasteiger partial charge in [-0.25, -0.2) is 0 Å². The lowest BCUT2D eigenvalue weighted by Crippen LogP contribution is -2.37. The lowest BCUT2D eigenvalue weighted by atomic mass is 10.1. The molecule has 1 amide bonds. The fourth-order valence-corrected chi connectivity index (χ4v) is 3.29. The minimum Gasteiger partial charge on any atom is -0.376 e. The molecular weight excluding hydrogens is 316 g/mol.